The van der Waals surface area contributed by atoms with Gasteiger partial charge in [0.1, 0.15) is 0 Å². The van der Waals surface area contributed by atoms with Crippen molar-refractivity contribution in [3.63, 3.8) is 0 Å². The fourth-order valence-corrected chi connectivity index (χ4v) is 7.89. The molecule has 61 heavy (non-hydrogen) atoms. The third-order valence-electron chi connectivity index (χ3n) is 11.9. The van der Waals surface area contributed by atoms with E-state index in [1.54, 1.807) is 6.08 Å². The van der Waals surface area contributed by atoms with Crippen LogP contribution in [-0.4, -0.2) is 34.9 Å². The lowest BCUT2D eigenvalue weighted by Crippen LogP contribution is -2.45. The van der Waals surface area contributed by atoms with Crippen LogP contribution >= 0.6 is 0 Å². The predicted octanol–water partition coefficient (Wildman–Crippen LogP) is 17.4. The van der Waals surface area contributed by atoms with E-state index in [2.05, 4.69) is 79.9 Å². The molecule has 1 amide bonds. The Labute approximate surface area is 380 Å². The number of carbonyl (C=O) groups excluding carboxylic acids is 1. The van der Waals surface area contributed by atoms with E-state index in [-0.39, 0.29) is 12.5 Å². The van der Waals surface area contributed by atoms with Crippen LogP contribution in [0.25, 0.3) is 0 Å². The Morgan fingerprint density at radius 1 is 0.410 bits per heavy atom. The Morgan fingerprint density at radius 2 is 0.738 bits per heavy atom. The number of aliphatic hydroxyl groups excluding tert-OH is 2. The van der Waals surface area contributed by atoms with Gasteiger partial charge in [-0.05, 0) is 70.6 Å². The van der Waals surface area contributed by atoms with E-state index in [1.165, 1.54) is 186 Å². The van der Waals surface area contributed by atoms with Crippen LogP contribution in [-0.2, 0) is 4.79 Å². The van der Waals surface area contributed by atoms with Crippen LogP contribution in [0.1, 0.15) is 264 Å². The summed E-state index contributed by atoms with van der Waals surface area (Å²) in [5, 5.41) is 23.0. The van der Waals surface area contributed by atoms with Crippen LogP contribution in [0, 0.1) is 0 Å². The molecule has 0 heterocycles. The Kier molecular flexibility index (Phi) is 50.3. The lowest BCUT2D eigenvalue weighted by molar-refractivity contribution is -0.123. The summed E-state index contributed by atoms with van der Waals surface area (Å²) < 4.78 is 0. The van der Waals surface area contributed by atoms with Gasteiger partial charge in [-0.1, -0.05) is 260 Å². The molecule has 0 aromatic rings. The van der Waals surface area contributed by atoms with Crippen molar-refractivity contribution < 1.29 is 15.0 Å². The van der Waals surface area contributed by atoms with Gasteiger partial charge in [-0.2, -0.15) is 0 Å². The van der Waals surface area contributed by atoms with Gasteiger partial charge in [-0.3, -0.25) is 4.79 Å². The maximum atomic E-state index is 12.4. The van der Waals surface area contributed by atoms with E-state index >= 15 is 0 Å². The van der Waals surface area contributed by atoms with Crippen molar-refractivity contribution in [3.8, 4) is 0 Å². The molecule has 354 valence electrons. The molecule has 0 bridgehead atoms. The fraction of sp³-hybridized carbons (Fsp3) is 0.772. The summed E-state index contributed by atoms with van der Waals surface area (Å²) in [5.74, 6) is -0.0724. The fourth-order valence-electron chi connectivity index (χ4n) is 7.89. The quantitative estimate of drug-likeness (QED) is 0.0422. The normalized spacial score (nSPS) is 13.4. The van der Waals surface area contributed by atoms with E-state index in [4.69, 9.17) is 0 Å². The van der Waals surface area contributed by atoms with Crippen LogP contribution in [0.4, 0.5) is 0 Å². The van der Waals surface area contributed by atoms with E-state index in [1.807, 2.05) is 6.08 Å². The lowest BCUT2D eigenvalue weighted by Gasteiger charge is -2.19. The van der Waals surface area contributed by atoms with E-state index in [0.29, 0.717) is 6.42 Å². The third-order valence-corrected chi connectivity index (χ3v) is 11.9. The molecule has 0 saturated heterocycles. The Bertz CT molecular complexity index is 1050. The second-order valence-corrected chi connectivity index (χ2v) is 17.9. The molecule has 0 radical (unpaired) electrons. The second-order valence-electron chi connectivity index (χ2n) is 17.9. The molecule has 2 atom stereocenters. The smallest absolute Gasteiger partial charge is 0.220 e. The van der Waals surface area contributed by atoms with Gasteiger partial charge in [0.05, 0.1) is 18.8 Å². The zero-order chi connectivity index (χ0) is 44.2. The first-order chi connectivity index (χ1) is 30.2. The van der Waals surface area contributed by atoms with E-state index < -0.39 is 12.1 Å². The maximum absolute atomic E-state index is 12.4. The highest BCUT2D eigenvalue weighted by molar-refractivity contribution is 5.76. The van der Waals surface area contributed by atoms with Crippen molar-refractivity contribution in [1.82, 2.24) is 5.32 Å². The lowest BCUT2D eigenvalue weighted by atomic mass is 10.0. The van der Waals surface area contributed by atoms with Crippen molar-refractivity contribution in [2.75, 3.05) is 6.61 Å². The summed E-state index contributed by atoms with van der Waals surface area (Å²) in [7, 11) is 0. The largest absolute Gasteiger partial charge is 0.394 e. The van der Waals surface area contributed by atoms with Gasteiger partial charge in [0.25, 0.3) is 0 Å². The summed E-state index contributed by atoms with van der Waals surface area (Å²) in [6.45, 7) is 4.18. The van der Waals surface area contributed by atoms with Crippen LogP contribution < -0.4 is 5.32 Å². The van der Waals surface area contributed by atoms with E-state index in [0.717, 1.165) is 57.8 Å². The average molecular weight is 850 g/mol. The number of aliphatic hydroxyl groups is 2. The molecule has 0 saturated carbocycles. The van der Waals surface area contributed by atoms with Gasteiger partial charge in [0.15, 0.2) is 0 Å². The first-order valence-corrected chi connectivity index (χ1v) is 26.7. The van der Waals surface area contributed by atoms with Gasteiger partial charge in [0.2, 0.25) is 5.91 Å². The first kappa shape index (κ1) is 58.8. The number of allylic oxidation sites excluding steroid dienone is 11. The summed E-state index contributed by atoms with van der Waals surface area (Å²) in [4.78, 5) is 12.4. The van der Waals surface area contributed by atoms with Gasteiger partial charge in [0, 0.05) is 6.42 Å². The molecule has 4 nitrogen and oxygen atoms in total. The van der Waals surface area contributed by atoms with Crippen molar-refractivity contribution in [2.45, 2.75) is 276 Å². The number of amides is 1. The van der Waals surface area contributed by atoms with Gasteiger partial charge >= 0.3 is 0 Å². The van der Waals surface area contributed by atoms with Crippen LogP contribution in [0.3, 0.4) is 0 Å². The van der Waals surface area contributed by atoms with Crippen LogP contribution in [0.15, 0.2) is 72.9 Å². The highest BCUT2D eigenvalue weighted by atomic mass is 16.3. The minimum atomic E-state index is -0.862. The van der Waals surface area contributed by atoms with Crippen molar-refractivity contribution >= 4 is 5.91 Å². The highest BCUT2D eigenvalue weighted by Gasteiger charge is 2.17. The summed E-state index contributed by atoms with van der Waals surface area (Å²) >= 11 is 0. The number of hydrogen-bond donors (Lipinski definition) is 3. The minimum Gasteiger partial charge on any atom is -0.394 e. The molecule has 0 aliphatic carbocycles. The van der Waals surface area contributed by atoms with Crippen molar-refractivity contribution in [1.29, 1.82) is 0 Å². The minimum absolute atomic E-state index is 0.0724. The van der Waals surface area contributed by atoms with E-state index in [9.17, 15) is 15.0 Å². The molecule has 0 aliphatic heterocycles. The Balaban J connectivity index is 3.46. The van der Waals surface area contributed by atoms with Gasteiger partial charge in [-0.25, -0.2) is 0 Å². The molecule has 4 heteroatoms. The van der Waals surface area contributed by atoms with Crippen molar-refractivity contribution in [2.24, 2.45) is 0 Å². The molecule has 0 fully saturated rings. The summed E-state index contributed by atoms with van der Waals surface area (Å²) in [6.07, 6.45) is 74.9. The maximum Gasteiger partial charge on any atom is 0.220 e. The second kappa shape index (κ2) is 52.2. The average Bonchev–Trinajstić information content (AvgIpc) is 3.26. The molecule has 0 aliphatic rings. The van der Waals surface area contributed by atoms with Crippen molar-refractivity contribution in [3.05, 3.63) is 72.9 Å². The standard InChI is InChI=1S/C57H103NO3/c1-3-5-7-9-11-13-15-17-19-20-21-22-23-24-25-26-27-28-29-30-31-32-33-34-35-36-37-38-39-41-43-45-47-49-51-53-57(61)58-55(54-59)56(60)52-50-48-46-44-42-40-18-16-14-12-10-8-6-4-2/h5,7,11,13,17,19,21-22,42,44,50,52,55-56,59-60H,3-4,6,8-10,12,14-16,18,20,23-41,43,45-49,51,53-54H2,1-2H3,(H,58,61)/b7-5-,13-11-,19-17-,22-21-,44-42+,52-50+. The Hall–Kier alpha value is -2.17. The number of unbranched alkanes of at least 4 members (excludes halogenated alkanes) is 31. The number of hydrogen-bond acceptors (Lipinski definition) is 3. The predicted molar refractivity (Wildman–Crippen MR) is 271 cm³/mol. The molecule has 0 rings (SSSR count). The topological polar surface area (TPSA) is 69.6 Å². The Morgan fingerprint density at radius 3 is 1.15 bits per heavy atom. The third kappa shape index (κ3) is 48.7. The van der Waals surface area contributed by atoms with Crippen LogP contribution in [0.2, 0.25) is 0 Å². The monoisotopic (exact) mass is 850 g/mol. The highest BCUT2D eigenvalue weighted by Crippen LogP contribution is 2.16. The first-order valence-electron chi connectivity index (χ1n) is 26.7. The zero-order valence-electron chi connectivity index (χ0n) is 40.7. The van der Waals surface area contributed by atoms with Gasteiger partial charge < -0.3 is 15.5 Å². The van der Waals surface area contributed by atoms with Gasteiger partial charge in [-0.15, -0.1) is 0 Å². The van der Waals surface area contributed by atoms with Crippen LogP contribution in [0.5, 0.6) is 0 Å². The molecular formula is C57H103NO3. The zero-order valence-corrected chi connectivity index (χ0v) is 40.7. The number of nitrogens with one attached hydrogen (secondary N) is 1. The summed E-state index contributed by atoms with van der Waals surface area (Å²) in [5.41, 5.74) is 0. The molecule has 3 N–H and O–H groups in total. The SMILES string of the molecule is CC/C=C\C/C=C\C/C=C\C/C=C\CCCCCCCCCCCCCCCCCCCCCCCCC(=O)NC(CO)C(O)/C=C/CC/C=C/CCCCCCCCCC. The molecule has 0 spiro atoms. The summed E-state index contributed by atoms with van der Waals surface area (Å²) in [6, 6.07) is -0.639. The number of carbonyl (C=O) groups is 1. The molecule has 0 aromatic heterocycles. The number of rotatable bonds is 48. The molecule has 2 unspecified atom stereocenters. The molecular weight excluding hydrogens is 747 g/mol. The molecule has 0 aromatic carbocycles.